The third-order valence-corrected chi connectivity index (χ3v) is 3.41. The molecule has 1 aliphatic rings. The number of aryl methyl sites for hydroxylation is 1. The quantitative estimate of drug-likeness (QED) is 0.709. The van der Waals surface area contributed by atoms with Gasteiger partial charge in [0.1, 0.15) is 0 Å². The maximum atomic E-state index is 4.71. The predicted octanol–water partition coefficient (Wildman–Crippen LogP) is 2.56. The molecule has 0 aliphatic heterocycles. The van der Waals surface area contributed by atoms with Gasteiger partial charge in [0.25, 0.3) is 0 Å². The van der Waals surface area contributed by atoms with Gasteiger partial charge in [-0.2, -0.15) is 0 Å². The third kappa shape index (κ3) is 1.26. The summed E-state index contributed by atoms with van der Waals surface area (Å²) in [7, 11) is 0. The molecule has 0 saturated carbocycles. The maximum absolute atomic E-state index is 4.71. The molecule has 2 aromatic heterocycles. The van der Waals surface area contributed by atoms with E-state index in [2.05, 4.69) is 16.3 Å². The number of rotatable bonds is 1. The summed E-state index contributed by atoms with van der Waals surface area (Å²) in [5.74, 6) is 0.661. The van der Waals surface area contributed by atoms with E-state index in [0.29, 0.717) is 5.92 Å². The summed E-state index contributed by atoms with van der Waals surface area (Å²) in [6, 6.07) is 0. The Kier molecular flexibility index (Phi) is 1.97. The van der Waals surface area contributed by atoms with Crippen molar-refractivity contribution in [1.82, 2.24) is 14.4 Å². The second-order valence-electron chi connectivity index (χ2n) is 4.25. The molecular weight excluding hydrogens is 186 g/mol. The Morgan fingerprint density at radius 3 is 3.33 bits per heavy atom. The van der Waals surface area contributed by atoms with E-state index in [1.54, 1.807) is 0 Å². The van der Waals surface area contributed by atoms with E-state index in [4.69, 9.17) is 4.98 Å². The lowest BCUT2D eigenvalue weighted by molar-refractivity contribution is 0.523. The van der Waals surface area contributed by atoms with Gasteiger partial charge in [0.2, 0.25) is 0 Å². The fourth-order valence-electron chi connectivity index (χ4n) is 2.60. The third-order valence-electron chi connectivity index (χ3n) is 3.41. The maximum Gasteiger partial charge on any atom is 0.155 e. The van der Waals surface area contributed by atoms with Crippen LogP contribution in [0.1, 0.15) is 43.5 Å². The second kappa shape index (κ2) is 3.33. The smallest absolute Gasteiger partial charge is 0.155 e. The Bertz CT molecular complexity index is 487. The molecular formula is C12H15N3. The zero-order valence-electron chi connectivity index (χ0n) is 8.98. The van der Waals surface area contributed by atoms with Gasteiger partial charge < -0.3 is 4.40 Å². The summed E-state index contributed by atoms with van der Waals surface area (Å²) in [6.07, 6.45) is 10.7. The molecule has 1 aliphatic carbocycles. The highest BCUT2D eigenvalue weighted by molar-refractivity contribution is 5.42. The Morgan fingerprint density at radius 2 is 2.47 bits per heavy atom. The van der Waals surface area contributed by atoms with Crippen molar-refractivity contribution >= 4 is 5.65 Å². The minimum Gasteiger partial charge on any atom is -0.301 e. The first-order valence-corrected chi connectivity index (χ1v) is 5.71. The van der Waals surface area contributed by atoms with Crippen LogP contribution in [0.3, 0.4) is 0 Å². The zero-order valence-corrected chi connectivity index (χ0v) is 8.98. The van der Waals surface area contributed by atoms with Gasteiger partial charge in [-0.1, -0.05) is 6.92 Å². The molecule has 1 unspecified atom stereocenters. The van der Waals surface area contributed by atoms with Crippen molar-refractivity contribution in [3.05, 3.63) is 30.0 Å². The molecule has 15 heavy (non-hydrogen) atoms. The lowest BCUT2D eigenvalue weighted by Gasteiger charge is -2.19. The van der Waals surface area contributed by atoms with Crippen LogP contribution >= 0.6 is 0 Å². The molecule has 3 rings (SSSR count). The van der Waals surface area contributed by atoms with E-state index in [-0.39, 0.29) is 0 Å². The molecule has 78 valence electrons. The SMILES string of the molecule is CCC1CCCc2c1nc1cnccn21. The molecule has 3 nitrogen and oxygen atoms in total. The lowest BCUT2D eigenvalue weighted by Crippen LogP contribution is -2.09. The van der Waals surface area contributed by atoms with E-state index >= 15 is 0 Å². The number of fused-ring (bicyclic) bond motifs is 3. The fraction of sp³-hybridized carbons (Fsp3) is 0.500. The first-order chi connectivity index (χ1) is 7.40. The molecule has 2 heterocycles. The summed E-state index contributed by atoms with van der Waals surface area (Å²) in [5.41, 5.74) is 3.73. The topological polar surface area (TPSA) is 30.2 Å². The average molecular weight is 201 g/mol. The standard InChI is InChI=1S/C12H15N3/c1-2-9-4-3-5-10-12(9)14-11-8-13-6-7-15(10)11/h6-9H,2-5H2,1H3. The van der Waals surface area contributed by atoms with E-state index in [1.165, 1.54) is 30.7 Å². The average Bonchev–Trinajstić information content (AvgIpc) is 2.67. The van der Waals surface area contributed by atoms with Gasteiger partial charge in [0, 0.05) is 24.0 Å². The van der Waals surface area contributed by atoms with Gasteiger partial charge in [-0.15, -0.1) is 0 Å². The molecule has 0 aromatic carbocycles. The molecule has 0 bridgehead atoms. The first kappa shape index (κ1) is 8.89. The minimum absolute atomic E-state index is 0.661. The van der Waals surface area contributed by atoms with Gasteiger partial charge in [-0.25, -0.2) is 4.98 Å². The van der Waals surface area contributed by atoms with Crippen LogP contribution in [-0.2, 0) is 6.42 Å². The largest absolute Gasteiger partial charge is 0.301 e. The number of nitrogens with zero attached hydrogens (tertiary/aromatic N) is 3. The van der Waals surface area contributed by atoms with Gasteiger partial charge in [-0.05, 0) is 25.7 Å². The van der Waals surface area contributed by atoms with Gasteiger partial charge >= 0.3 is 0 Å². The summed E-state index contributed by atoms with van der Waals surface area (Å²) >= 11 is 0. The van der Waals surface area contributed by atoms with Crippen LogP contribution in [0.4, 0.5) is 0 Å². The van der Waals surface area contributed by atoms with Crippen molar-refractivity contribution in [3.63, 3.8) is 0 Å². The first-order valence-electron chi connectivity index (χ1n) is 5.71. The van der Waals surface area contributed by atoms with Crippen molar-refractivity contribution in [2.24, 2.45) is 0 Å². The van der Waals surface area contributed by atoms with Crippen LogP contribution in [0.15, 0.2) is 18.6 Å². The normalized spacial score (nSPS) is 20.5. The van der Waals surface area contributed by atoms with Crippen molar-refractivity contribution in [2.45, 2.75) is 38.5 Å². The van der Waals surface area contributed by atoms with E-state index in [0.717, 1.165) is 12.1 Å². The summed E-state index contributed by atoms with van der Waals surface area (Å²) < 4.78 is 2.20. The van der Waals surface area contributed by atoms with Crippen molar-refractivity contribution in [2.75, 3.05) is 0 Å². The number of imidazole rings is 1. The van der Waals surface area contributed by atoms with Gasteiger partial charge in [-0.3, -0.25) is 4.98 Å². The highest BCUT2D eigenvalue weighted by Gasteiger charge is 2.23. The number of aromatic nitrogens is 3. The monoisotopic (exact) mass is 201 g/mol. The van der Waals surface area contributed by atoms with Crippen LogP contribution in [0.25, 0.3) is 5.65 Å². The molecule has 0 fully saturated rings. The molecule has 0 N–H and O–H groups in total. The van der Waals surface area contributed by atoms with E-state index in [9.17, 15) is 0 Å². The molecule has 3 heteroatoms. The van der Waals surface area contributed by atoms with Crippen LogP contribution in [0, 0.1) is 0 Å². The number of hydrogen-bond donors (Lipinski definition) is 0. The summed E-state index contributed by atoms with van der Waals surface area (Å²) in [4.78, 5) is 8.83. The molecule has 2 aromatic rings. The Labute approximate surface area is 89.2 Å². The molecule has 0 spiro atoms. The van der Waals surface area contributed by atoms with Crippen LogP contribution < -0.4 is 0 Å². The van der Waals surface area contributed by atoms with Crippen molar-refractivity contribution in [1.29, 1.82) is 0 Å². The van der Waals surface area contributed by atoms with E-state index < -0.39 is 0 Å². The Balaban J connectivity index is 2.24. The highest BCUT2D eigenvalue weighted by Crippen LogP contribution is 2.33. The summed E-state index contributed by atoms with van der Waals surface area (Å²) in [5, 5.41) is 0. The molecule has 0 saturated heterocycles. The van der Waals surface area contributed by atoms with Crippen molar-refractivity contribution in [3.8, 4) is 0 Å². The fourth-order valence-corrected chi connectivity index (χ4v) is 2.60. The highest BCUT2D eigenvalue weighted by atomic mass is 15.0. The zero-order chi connectivity index (χ0) is 10.3. The molecule has 1 atom stereocenters. The second-order valence-corrected chi connectivity index (χ2v) is 4.25. The predicted molar refractivity (Wildman–Crippen MR) is 59.0 cm³/mol. The molecule has 0 radical (unpaired) electrons. The van der Waals surface area contributed by atoms with Gasteiger partial charge in [0.05, 0.1) is 11.9 Å². The number of hydrogen-bond acceptors (Lipinski definition) is 2. The minimum atomic E-state index is 0.661. The van der Waals surface area contributed by atoms with Crippen LogP contribution in [0.5, 0.6) is 0 Å². The Hall–Kier alpha value is -1.38. The van der Waals surface area contributed by atoms with Crippen molar-refractivity contribution < 1.29 is 0 Å². The molecule has 0 amide bonds. The van der Waals surface area contributed by atoms with Crippen LogP contribution in [0.2, 0.25) is 0 Å². The van der Waals surface area contributed by atoms with E-state index in [1.807, 2.05) is 18.6 Å². The lowest BCUT2D eigenvalue weighted by atomic mass is 9.88. The Morgan fingerprint density at radius 1 is 1.53 bits per heavy atom. The van der Waals surface area contributed by atoms with Crippen LogP contribution in [-0.4, -0.2) is 14.4 Å². The summed E-state index contributed by atoms with van der Waals surface area (Å²) in [6.45, 7) is 2.25. The van der Waals surface area contributed by atoms with Gasteiger partial charge in [0.15, 0.2) is 5.65 Å².